The molecule has 0 saturated carbocycles. The summed E-state index contributed by atoms with van der Waals surface area (Å²) in [6, 6.07) is 7.26. The summed E-state index contributed by atoms with van der Waals surface area (Å²) >= 11 is 0. The van der Waals surface area contributed by atoms with Crippen LogP contribution in [-0.4, -0.2) is 16.7 Å². The van der Waals surface area contributed by atoms with Gasteiger partial charge in [-0.05, 0) is 18.6 Å². The van der Waals surface area contributed by atoms with Crippen LogP contribution in [0.3, 0.4) is 0 Å². The minimum atomic E-state index is -0.364. The van der Waals surface area contributed by atoms with Crippen LogP contribution in [0, 0.1) is 0 Å². The molecule has 100 valence electrons. The third-order valence-corrected chi connectivity index (χ3v) is 3.01. The number of benzene rings is 1. The third-order valence-electron chi connectivity index (χ3n) is 3.01. The molecule has 0 aliphatic carbocycles. The van der Waals surface area contributed by atoms with Gasteiger partial charge in [0.05, 0.1) is 6.04 Å². The van der Waals surface area contributed by atoms with Crippen LogP contribution in [0.4, 0.5) is 0 Å². The van der Waals surface area contributed by atoms with Gasteiger partial charge in [-0.25, -0.2) is 0 Å². The Hall–Kier alpha value is -2.08. The summed E-state index contributed by atoms with van der Waals surface area (Å²) in [5.41, 5.74) is 5.85. The number of nitrogens with two attached hydrogens (primary N) is 1. The van der Waals surface area contributed by atoms with Crippen LogP contribution in [-0.2, 0) is 0 Å². The number of hydrogen-bond donors (Lipinski definition) is 1. The average Bonchev–Trinajstić information content (AvgIpc) is 2.95. The minimum Gasteiger partial charge on any atom is -0.485 e. The van der Waals surface area contributed by atoms with E-state index in [2.05, 4.69) is 10.1 Å². The van der Waals surface area contributed by atoms with Gasteiger partial charge >= 0.3 is 0 Å². The maximum atomic E-state index is 5.85. The van der Waals surface area contributed by atoms with Crippen LogP contribution in [0.15, 0.2) is 28.8 Å². The van der Waals surface area contributed by atoms with Crippen molar-refractivity contribution in [2.45, 2.75) is 25.5 Å². The van der Waals surface area contributed by atoms with Gasteiger partial charge in [0.1, 0.15) is 6.61 Å². The van der Waals surface area contributed by atoms with Crippen molar-refractivity contribution in [2.75, 3.05) is 6.61 Å². The molecule has 1 aliphatic rings. The molecule has 1 aliphatic heterocycles. The maximum absolute atomic E-state index is 5.85. The smallest absolute Gasteiger partial charge is 0.243 e. The number of para-hydroxylation sites is 2. The topological polar surface area (TPSA) is 83.4 Å². The Morgan fingerprint density at radius 2 is 2.16 bits per heavy atom. The second kappa shape index (κ2) is 4.89. The Morgan fingerprint density at radius 3 is 2.95 bits per heavy atom. The summed E-state index contributed by atoms with van der Waals surface area (Å²) in [6.45, 7) is 2.32. The second-order valence-corrected chi connectivity index (χ2v) is 4.37. The molecule has 1 aromatic heterocycles. The number of aromatic nitrogens is 2. The molecule has 0 fully saturated rings. The molecule has 2 atom stereocenters. The van der Waals surface area contributed by atoms with Crippen LogP contribution < -0.4 is 15.2 Å². The molecule has 2 N–H and O–H groups in total. The largest absolute Gasteiger partial charge is 0.485 e. The molecule has 0 amide bonds. The monoisotopic (exact) mass is 261 g/mol. The predicted molar refractivity (Wildman–Crippen MR) is 66.8 cm³/mol. The molecule has 2 aromatic rings. The van der Waals surface area contributed by atoms with Gasteiger partial charge in [0.15, 0.2) is 17.6 Å². The molecular weight excluding hydrogens is 246 g/mol. The fraction of sp³-hybridized carbons (Fsp3) is 0.385. The van der Waals surface area contributed by atoms with Gasteiger partial charge in [0, 0.05) is 0 Å². The van der Waals surface area contributed by atoms with E-state index in [1.54, 1.807) is 0 Å². The number of fused-ring (bicyclic) bond motifs is 1. The van der Waals surface area contributed by atoms with Crippen LogP contribution in [0.25, 0.3) is 0 Å². The average molecular weight is 261 g/mol. The Labute approximate surface area is 110 Å². The van der Waals surface area contributed by atoms with Crippen LogP contribution in [0.2, 0.25) is 0 Å². The van der Waals surface area contributed by atoms with E-state index in [1.165, 1.54) is 0 Å². The van der Waals surface area contributed by atoms with Gasteiger partial charge in [-0.2, -0.15) is 4.98 Å². The third kappa shape index (κ3) is 2.26. The second-order valence-electron chi connectivity index (χ2n) is 4.37. The lowest BCUT2D eigenvalue weighted by Gasteiger charge is -2.24. The molecule has 6 heteroatoms. The Bertz CT molecular complexity index is 570. The summed E-state index contributed by atoms with van der Waals surface area (Å²) in [6.07, 6.45) is 0.378. The minimum absolute atomic E-state index is 0.238. The highest BCUT2D eigenvalue weighted by Crippen LogP contribution is 2.35. The molecule has 2 heterocycles. The van der Waals surface area contributed by atoms with Crippen LogP contribution >= 0.6 is 0 Å². The quantitative estimate of drug-likeness (QED) is 0.909. The van der Waals surface area contributed by atoms with Gasteiger partial charge < -0.3 is 19.7 Å². The molecule has 0 radical (unpaired) electrons. The zero-order valence-corrected chi connectivity index (χ0v) is 10.6. The summed E-state index contributed by atoms with van der Waals surface area (Å²) in [5, 5.41) is 3.91. The first-order valence-electron chi connectivity index (χ1n) is 6.25. The Morgan fingerprint density at radius 1 is 1.37 bits per heavy atom. The van der Waals surface area contributed by atoms with Gasteiger partial charge in [-0.1, -0.05) is 24.2 Å². The van der Waals surface area contributed by atoms with E-state index in [9.17, 15) is 0 Å². The van der Waals surface area contributed by atoms with Crippen molar-refractivity contribution < 1.29 is 14.0 Å². The van der Waals surface area contributed by atoms with E-state index in [1.807, 2.05) is 31.2 Å². The molecule has 3 rings (SSSR count). The predicted octanol–water partition coefficient (Wildman–Crippen LogP) is 1.99. The molecular formula is C13H15N3O3. The standard InChI is InChI=1S/C13H15N3O3/c1-2-8(14)13-15-12(16-19-13)11-7-17-9-5-3-4-6-10(9)18-11/h3-6,8,11H,2,7,14H2,1H3/t8-,11?/m1/s1. The molecule has 19 heavy (non-hydrogen) atoms. The van der Waals surface area contributed by atoms with Crippen molar-refractivity contribution in [1.29, 1.82) is 0 Å². The number of hydrogen-bond acceptors (Lipinski definition) is 6. The zero-order chi connectivity index (χ0) is 13.2. The molecule has 1 aromatic carbocycles. The molecule has 0 spiro atoms. The summed E-state index contributed by atoms with van der Waals surface area (Å²) in [5.74, 6) is 2.31. The molecule has 0 saturated heterocycles. The maximum Gasteiger partial charge on any atom is 0.243 e. The van der Waals surface area contributed by atoms with Gasteiger partial charge in [-0.15, -0.1) is 0 Å². The van der Waals surface area contributed by atoms with E-state index >= 15 is 0 Å². The first-order valence-corrected chi connectivity index (χ1v) is 6.25. The normalized spacial score (nSPS) is 19.2. The van der Waals surface area contributed by atoms with Crippen molar-refractivity contribution in [2.24, 2.45) is 5.73 Å². The van der Waals surface area contributed by atoms with Crippen molar-refractivity contribution in [3.8, 4) is 11.5 Å². The van der Waals surface area contributed by atoms with Crippen molar-refractivity contribution >= 4 is 0 Å². The van der Waals surface area contributed by atoms with Gasteiger partial charge in [0.25, 0.3) is 0 Å². The Balaban J connectivity index is 1.79. The van der Waals surface area contributed by atoms with E-state index < -0.39 is 0 Å². The van der Waals surface area contributed by atoms with Crippen LogP contribution in [0.1, 0.15) is 37.2 Å². The lowest BCUT2D eigenvalue weighted by Crippen LogP contribution is -2.22. The fourth-order valence-electron chi connectivity index (χ4n) is 1.85. The number of nitrogens with zero attached hydrogens (tertiary/aromatic N) is 2. The first kappa shape index (κ1) is 12.0. The highest BCUT2D eigenvalue weighted by Gasteiger charge is 2.27. The van der Waals surface area contributed by atoms with Crippen molar-refractivity contribution in [3.63, 3.8) is 0 Å². The van der Waals surface area contributed by atoms with Gasteiger partial charge in [-0.3, -0.25) is 0 Å². The Kier molecular flexibility index (Phi) is 3.08. The summed E-state index contributed by atoms with van der Waals surface area (Å²) in [7, 11) is 0. The van der Waals surface area contributed by atoms with Crippen LogP contribution in [0.5, 0.6) is 11.5 Å². The van der Waals surface area contributed by atoms with E-state index in [-0.39, 0.29) is 12.1 Å². The van der Waals surface area contributed by atoms with Gasteiger partial charge in [0.2, 0.25) is 11.7 Å². The van der Waals surface area contributed by atoms with E-state index in [4.69, 9.17) is 19.7 Å². The molecule has 6 nitrogen and oxygen atoms in total. The highest BCUT2D eigenvalue weighted by atomic mass is 16.6. The molecule has 0 bridgehead atoms. The van der Waals surface area contributed by atoms with Crippen molar-refractivity contribution in [1.82, 2.24) is 10.1 Å². The first-order chi connectivity index (χ1) is 9.28. The number of rotatable bonds is 3. The molecule has 1 unspecified atom stereocenters. The van der Waals surface area contributed by atoms with E-state index in [0.717, 1.165) is 12.2 Å². The lowest BCUT2D eigenvalue weighted by molar-refractivity contribution is 0.0832. The fourth-order valence-corrected chi connectivity index (χ4v) is 1.85. The number of ether oxygens (including phenoxy) is 2. The van der Waals surface area contributed by atoms with Crippen molar-refractivity contribution in [3.05, 3.63) is 36.0 Å². The lowest BCUT2D eigenvalue weighted by atomic mass is 10.2. The van der Waals surface area contributed by atoms with E-state index in [0.29, 0.717) is 24.1 Å². The SMILES string of the molecule is CC[C@@H](N)c1nc(C2COc3ccccc3O2)no1. The summed E-state index contributed by atoms with van der Waals surface area (Å²) in [4.78, 5) is 4.27. The summed E-state index contributed by atoms with van der Waals surface area (Å²) < 4.78 is 16.5. The highest BCUT2D eigenvalue weighted by molar-refractivity contribution is 5.40. The zero-order valence-electron chi connectivity index (χ0n) is 10.6.